The summed E-state index contributed by atoms with van der Waals surface area (Å²) in [4.78, 5) is 22.0. The van der Waals surface area contributed by atoms with Gasteiger partial charge in [0.1, 0.15) is 36.5 Å². The van der Waals surface area contributed by atoms with Crippen LogP contribution >= 0.6 is 11.3 Å². The molecule has 0 aliphatic heterocycles. The van der Waals surface area contributed by atoms with E-state index in [4.69, 9.17) is 20.2 Å². The molecule has 5 aromatic rings. The first-order valence-electron chi connectivity index (χ1n) is 12.7. The van der Waals surface area contributed by atoms with Gasteiger partial charge in [-0.2, -0.15) is 15.6 Å². The van der Waals surface area contributed by atoms with Crippen LogP contribution < -0.4 is 0 Å². The van der Waals surface area contributed by atoms with E-state index in [1.165, 1.54) is 52.9 Å². The standard InChI is InChI=1S/C31H22F2N6O2S/c1-20(30-38-28(16-42-30)23-6-2-21(13-34)3-7-23)31(17-39-19-36-18-37-39,26-12-25(32)10-11-27(26)33)41-15-29(40)24-8-4-22(14-35)5-9-24/h2-12,16,18-20H,15,17H2,1H3/t20-,31+/m0/s1. The predicted octanol–water partition coefficient (Wildman–Crippen LogP) is 6.02. The van der Waals surface area contributed by atoms with Crippen molar-refractivity contribution in [2.75, 3.05) is 6.61 Å². The molecule has 42 heavy (non-hydrogen) atoms. The Morgan fingerprint density at radius 2 is 1.74 bits per heavy atom. The Morgan fingerprint density at radius 1 is 1.05 bits per heavy atom. The van der Waals surface area contributed by atoms with Crippen molar-refractivity contribution in [2.24, 2.45) is 0 Å². The van der Waals surface area contributed by atoms with Crippen LogP contribution in [0.4, 0.5) is 8.78 Å². The van der Waals surface area contributed by atoms with Gasteiger partial charge in [-0.3, -0.25) is 4.79 Å². The van der Waals surface area contributed by atoms with Crippen LogP contribution in [0, 0.1) is 34.3 Å². The number of carbonyl (C=O) groups is 1. The molecule has 5 rings (SSSR count). The lowest BCUT2D eigenvalue weighted by Gasteiger charge is -2.38. The summed E-state index contributed by atoms with van der Waals surface area (Å²) in [5, 5.41) is 24.8. The van der Waals surface area contributed by atoms with E-state index in [9.17, 15) is 9.18 Å². The lowest BCUT2D eigenvalue weighted by atomic mass is 9.81. The Balaban J connectivity index is 1.58. The summed E-state index contributed by atoms with van der Waals surface area (Å²) in [5.41, 5.74) is 0.860. The summed E-state index contributed by atoms with van der Waals surface area (Å²) < 4.78 is 38.1. The van der Waals surface area contributed by atoms with Gasteiger partial charge in [-0.15, -0.1) is 11.3 Å². The van der Waals surface area contributed by atoms with Crippen LogP contribution in [-0.4, -0.2) is 32.1 Å². The number of ketones is 1. The minimum absolute atomic E-state index is 0.103. The third-order valence-electron chi connectivity index (χ3n) is 6.95. The number of hydrogen-bond acceptors (Lipinski definition) is 8. The maximum absolute atomic E-state index is 15.6. The molecule has 0 saturated heterocycles. The van der Waals surface area contributed by atoms with E-state index in [-0.39, 0.29) is 12.1 Å². The molecule has 208 valence electrons. The van der Waals surface area contributed by atoms with Gasteiger partial charge in [-0.25, -0.2) is 23.4 Å². The predicted molar refractivity (Wildman–Crippen MR) is 150 cm³/mol. The largest absolute Gasteiger partial charge is 0.359 e. The van der Waals surface area contributed by atoms with Gasteiger partial charge in [-0.1, -0.05) is 31.2 Å². The molecule has 0 unspecified atom stereocenters. The number of aromatic nitrogens is 4. The lowest BCUT2D eigenvalue weighted by molar-refractivity contribution is -0.0747. The molecule has 0 aliphatic rings. The first kappa shape index (κ1) is 28.4. The number of rotatable bonds is 10. The summed E-state index contributed by atoms with van der Waals surface area (Å²) in [6.45, 7) is 1.19. The van der Waals surface area contributed by atoms with E-state index in [1.807, 2.05) is 11.4 Å². The second kappa shape index (κ2) is 12.2. The molecule has 0 N–H and O–H groups in total. The number of ether oxygens (including phenoxy) is 1. The fourth-order valence-corrected chi connectivity index (χ4v) is 5.59. The van der Waals surface area contributed by atoms with Gasteiger partial charge in [0.25, 0.3) is 0 Å². The zero-order chi connectivity index (χ0) is 29.7. The maximum Gasteiger partial charge on any atom is 0.188 e. The first-order chi connectivity index (χ1) is 20.3. The average Bonchev–Trinajstić information content (AvgIpc) is 3.73. The summed E-state index contributed by atoms with van der Waals surface area (Å²) >= 11 is 1.31. The fourth-order valence-electron chi connectivity index (χ4n) is 4.62. The van der Waals surface area contributed by atoms with Gasteiger partial charge in [0.05, 0.1) is 40.5 Å². The quantitative estimate of drug-likeness (QED) is 0.185. The molecular weight excluding hydrogens is 558 g/mol. The topological polar surface area (TPSA) is 117 Å². The number of hydrogen-bond donors (Lipinski definition) is 0. The lowest BCUT2D eigenvalue weighted by Crippen LogP contribution is -2.42. The number of halogens is 2. The van der Waals surface area contributed by atoms with Crippen LogP contribution in [0.25, 0.3) is 11.3 Å². The second-order valence-corrected chi connectivity index (χ2v) is 10.4. The van der Waals surface area contributed by atoms with Crippen molar-refractivity contribution in [3.63, 3.8) is 0 Å². The summed E-state index contributed by atoms with van der Waals surface area (Å²) in [6, 6.07) is 20.2. The van der Waals surface area contributed by atoms with Gasteiger partial charge >= 0.3 is 0 Å². The van der Waals surface area contributed by atoms with Crippen LogP contribution in [0.2, 0.25) is 0 Å². The van der Waals surface area contributed by atoms with E-state index in [0.29, 0.717) is 27.4 Å². The molecular formula is C31H22F2N6O2S. The van der Waals surface area contributed by atoms with E-state index >= 15 is 4.39 Å². The molecule has 2 aromatic heterocycles. The van der Waals surface area contributed by atoms with Crippen LogP contribution in [0.1, 0.15) is 44.9 Å². The van der Waals surface area contributed by atoms with Crippen molar-refractivity contribution in [2.45, 2.75) is 25.0 Å². The van der Waals surface area contributed by atoms with E-state index in [2.05, 4.69) is 16.2 Å². The summed E-state index contributed by atoms with van der Waals surface area (Å²) in [6.07, 6.45) is 2.74. The third-order valence-corrected chi connectivity index (χ3v) is 7.97. The van der Waals surface area contributed by atoms with Crippen molar-refractivity contribution in [1.82, 2.24) is 19.7 Å². The fraction of sp³-hybridized carbons (Fsp3) is 0.161. The summed E-state index contributed by atoms with van der Waals surface area (Å²) in [7, 11) is 0. The number of Topliss-reactive ketones (excluding diaryl/α,β-unsaturated/α-hetero) is 1. The van der Waals surface area contributed by atoms with E-state index < -0.39 is 35.5 Å². The van der Waals surface area contributed by atoms with Crippen LogP contribution in [0.3, 0.4) is 0 Å². The molecule has 0 aliphatic carbocycles. The number of thiazole rings is 1. The molecule has 2 heterocycles. The Morgan fingerprint density at radius 3 is 2.38 bits per heavy atom. The Labute approximate surface area is 244 Å². The molecule has 0 spiro atoms. The van der Waals surface area contributed by atoms with Crippen molar-refractivity contribution in [3.05, 3.63) is 124 Å². The molecule has 0 radical (unpaired) electrons. The SMILES string of the molecule is C[C@@H](c1nc(-c2ccc(C#N)cc2)cs1)[C@@](Cn1cncn1)(OCC(=O)c1ccc(C#N)cc1)c1cc(F)ccc1F. The zero-order valence-corrected chi connectivity index (χ0v) is 23.1. The monoisotopic (exact) mass is 580 g/mol. The van der Waals surface area contributed by atoms with Gasteiger partial charge in [0, 0.05) is 28.0 Å². The average molecular weight is 581 g/mol. The summed E-state index contributed by atoms with van der Waals surface area (Å²) in [5.74, 6) is -2.52. The smallest absolute Gasteiger partial charge is 0.188 e. The molecule has 0 saturated carbocycles. The molecule has 0 fully saturated rings. The number of benzene rings is 3. The number of nitriles is 2. The van der Waals surface area contributed by atoms with Crippen LogP contribution in [0.15, 0.2) is 84.8 Å². The number of carbonyl (C=O) groups excluding carboxylic acids is 1. The molecule has 2 atom stereocenters. The Bertz CT molecular complexity index is 1790. The van der Waals surface area contributed by atoms with Gasteiger partial charge in [0.15, 0.2) is 5.78 Å². The number of nitrogens with zero attached hydrogens (tertiary/aromatic N) is 6. The van der Waals surface area contributed by atoms with Crippen molar-refractivity contribution < 1.29 is 18.3 Å². The Kier molecular flexibility index (Phi) is 8.25. The van der Waals surface area contributed by atoms with Gasteiger partial charge in [0.2, 0.25) is 0 Å². The maximum atomic E-state index is 15.6. The highest BCUT2D eigenvalue weighted by Gasteiger charge is 2.45. The van der Waals surface area contributed by atoms with Gasteiger partial charge in [-0.05, 0) is 42.5 Å². The van der Waals surface area contributed by atoms with E-state index in [0.717, 1.165) is 23.8 Å². The molecule has 0 bridgehead atoms. The highest BCUT2D eigenvalue weighted by molar-refractivity contribution is 7.10. The normalized spacial score (nSPS) is 13.1. The van der Waals surface area contributed by atoms with Crippen molar-refractivity contribution >= 4 is 17.1 Å². The highest BCUT2D eigenvalue weighted by Crippen LogP contribution is 2.44. The van der Waals surface area contributed by atoms with E-state index in [1.54, 1.807) is 31.2 Å². The highest BCUT2D eigenvalue weighted by atomic mass is 32.1. The molecule has 0 amide bonds. The first-order valence-corrected chi connectivity index (χ1v) is 13.6. The second-order valence-electron chi connectivity index (χ2n) is 9.49. The van der Waals surface area contributed by atoms with Crippen LogP contribution in [0.5, 0.6) is 0 Å². The molecule has 8 nitrogen and oxygen atoms in total. The zero-order valence-electron chi connectivity index (χ0n) is 22.2. The minimum atomic E-state index is -1.65. The minimum Gasteiger partial charge on any atom is -0.359 e. The van der Waals surface area contributed by atoms with Crippen LogP contribution in [-0.2, 0) is 16.9 Å². The van der Waals surface area contributed by atoms with Gasteiger partial charge < -0.3 is 4.74 Å². The van der Waals surface area contributed by atoms with Crippen molar-refractivity contribution in [3.8, 4) is 23.4 Å². The molecule has 11 heteroatoms. The van der Waals surface area contributed by atoms with Crippen molar-refractivity contribution in [1.29, 1.82) is 10.5 Å². The molecule has 3 aromatic carbocycles. The Hall–Kier alpha value is -5.10. The third kappa shape index (κ3) is 5.84.